The van der Waals surface area contributed by atoms with Crippen molar-refractivity contribution in [2.75, 3.05) is 19.0 Å². The number of urea groups is 2. The van der Waals surface area contributed by atoms with Crippen LogP contribution >= 0.6 is 11.6 Å². The molecule has 1 aliphatic rings. The predicted molar refractivity (Wildman–Crippen MR) is 119 cm³/mol. The van der Waals surface area contributed by atoms with Crippen molar-refractivity contribution in [2.45, 2.75) is 32.8 Å². The minimum Gasteiger partial charge on any atom is -0.488 e. The largest absolute Gasteiger partial charge is 0.488 e. The Morgan fingerprint density at radius 3 is 2.52 bits per heavy atom. The maximum Gasteiger partial charge on any atom is 0.332 e. The SMILES string of the molecule is COC(=O)CN1C(=O)NC(Nc2ccc(OC(C)C)c(F)c2)N(Cc2ccc(Cl)cc2)C1=O. The highest BCUT2D eigenvalue weighted by Crippen LogP contribution is 2.24. The molecule has 1 unspecified atom stereocenters. The van der Waals surface area contributed by atoms with Crippen LogP contribution in [0.25, 0.3) is 0 Å². The lowest BCUT2D eigenvalue weighted by atomic mass is 10.2. The number of hydrogen-bond donors (Lipinski definition) is 2. The number of halogens is 2. The van der Waals surface area contributed by atoms with E-state index in [4.69, 9.17) is 16.3 Å². The highest BCUT2D eigenvalue weighted by atomic mass is 35.5. The monoisotopic (exact) mass is 478 g/mol. The van der Waals surface area contributed by atoms with Crippen LogP contribution in [-0.2, 0) is 16.1 Å². The molecule has 33 heavy (non-hydrogen) atoms. The zero-order valence-corrected chi connectivity index (χ0v) is 19.1. The van der Waals surface area contributed by atoms with Gasteiger partial charge in [0.15, 0.2) is 17.9 Å². The van der Waals surface area contributed by atoms with E-state index in [0.717, 1.165) is 17.6 Å². The molecule has 1 atom stereocenters. The molecule has 0 bridgehead atoms. The van der Waals surface area contributed by atoms with Gasteiger partial charge in [0.1, 0.15) is 6.54 Å². The Morgan fingerprint density at radius 1 is 1.21 bits per heavy atom. The number of esters is 1. The van der Waals surface area contributed by atoms with Gasteiger partial charge < -0.3 is 14.8 Å². The molecule has 2 N–H and O–H groups in total. The summed E-state index contributed by atoms with van der Waals surface area (Å²) < 4.78 is 24.4. The summed E-state index contributed by atoms with van der Waals surface area (Å²) >= 11 is 5.94. The molecule has 0 radical (unpaired) electrons. The quantitative estimate of drug-likeness (QED) is 0.560. The van der Waals surface area contributed by atoms with Crippen LogP contribution in [0.4, 0.5) is 19.7 Å². The number of anilines is 1. The number of methoxy groups -OCH3 is 1. The summed E-state index contributed by atoms with van der Waals surface area (Å²) in [4.78, 5) is 39.4. The third kappa shape index (κ3) is 6.04. The highest BCUT2D eigenvalue weighted by Gasteiger charge is 2.39. The molecule has 1 fully saturated rings. The standard InChI is InChI=1S/C22H24ClFN4O5/c1-13(2)33-18-9-8-16(10-17(18)24)25-20-26-21(30)28(12-19(29)32-3)22(31)27(20)11-14-4-6-15(23)7-5-14/h4-10,13,20,25H,11-12H2,1-3H3,(H,26,30). The van der Waals surface area contributed by atoms with E-state index >= 15 is 0 Å². The van der Waals surface area contributed by atoms with Gasteiger partial charge in [0.2, 0.25) is 0 Å². The summed E-state index contributed by atoms with van der Waals surface area (Å²) in [5.74, 6) is -1.26. The number of hydrogen-bond acceptors (Lipinski definition) is 6. The van der Waals surface area contributed by atoms with Crippen LogP contribution in [0.15, 0.2) is 42.5 Å². The van der Waals surface area contributed by atoms with Gasteiger partial charge in [-0.1, -0.05) is 23.7 Å². The smallest absolute Gasteiger partial charge is 0.332 e. The molecule has 2 aromatic rings. The van der Waals surface area contributed by atoms with Gasteiger partial charge in [-0.15, -0.1) is 0 Å². The lowest BCUT2D eigenvalue weighted by molar-refractivity contribution is -0.141. The zero-order valence-electron chi connectivity index (χ0n) is 18.3. The average molecular weight is 479 g/mol. The van der Waals surface area contributed by atoms with E-state index in [0.29, 0.717) is 10.7 Å². The van der Waals surface area contributed by atoms with Crippen molar-refractivity contribution in [3.63, 3.8) is 0 Å². The van der Waals surface area contributed by atoms with Gasteiger partial charge in [-0.2, -0.15) is 0 Å². The summed E-state index contributed by atoms with van der Waals surface area (Å²) in [5, 5.41) is 6.08. The van der Waals surface area contributed by atoms with Crippen molar-refractivity contribution < 1.29 is 28.2 Å². The van der Waals surface area contributed by atoms with Gasteiger partial charge in [-0.05, 0) is 43.7 Å². The molecule has 176 valence electrons. The molecular formula is C22H24ClFN4O5. The van der Waals surface area contributed by atoms with E-state index in [-0.39, 0.29) is 18.4 Å². The number of nitrogens with zero attached hydrogens (tertiary/aromatic N) is 2. The maximum atomic E-state index is 14.4. The van der Waals surface area contributed by atoms with E-state index in [1.54, 1.807) is 44.2 Å². The number of carbonyl (C=O) groups excluding carboxylic acids is 3. The maximum absolute atomic E-state index is 14.4. The van der Waals surface area contributed by atoms with Crippen LogP contribution < -0.4 is 15.4 Å². The van der Waals surface area contributed by atoms with Gasteiger partial charge in [0.05, 0.1) is 19.8 Å². The van der Waals surface area contributed by atoms with E-state index in [9.17, 15) is 18.8 Å². The lowest BCUT2D eigenvalue weighted by Crippen LogP contribution is -2.67. The number of ether oxygens (including phenoxy) is 2. The first-order valence-corrected chi connectivity index (χ1v) is 10.5. The Labute approximate surface area is 195 Å². The Balaban J connectivity index is 1.86. The molecule has 11 heteroatoms. The fourth-order valence-corrected chi connectivity index (χ4v) is 3.24. The van der Waals surface area contributed by atoms with Gasteiger partial charge in [-0.3, -0.25) is 15.0 Å². The Bertz CT molecular complexity index is 1030. The number of carbonyl (C=O) groups is 3. The number of rotatable bonds is 8. The van der Waals surface area contributed by atoms with Crippen LogP contribution in [0, 0.1) is 5.82 Å². The van der Waals surface area contributed by atoms with Crippen molar-refractivity contribution in [1.29, 1.82) is 0 Å². The first-order valence-electron chi connectivity index (χ1n) is 10.1. The van der Waals surface area contributed by atoms with Crippen LogP contribution in [0.5, 0.6) is 5.75 Å². The minimum absolute atomic E-state index is 0.0721. The first-order chi connectivity index (χ1) is 15.7. The Morgan fingerprint density at radius 2 is 1.91 bits per heavy atom. The molecule has 0 saturated carbocycles. The second kappa shape index (κ2) is 10.4. The fourth-order valence-electron chi connectivity index (χ4n) is 3.12. The summed E-state index contributed by atoms with van der Waals surface area (Å²) in [6.45, 7) is 3.08. The molecule has 0 aromatic heterocycles. The Hall–Kier alpha value is -3.53. The van der Waals surface area contributed by atoms with Gasteiger partial charge in [0.25, 0.3) is 0 Å². The van der Waals surface area contributed by atoms with Crippen molar-refractivity contribution in [2.24, 2.45) is 0 Å². The molecule has 0 aliphatic carbocycles. The highest BCUT2D eigenvalue weighted by molar-refractivity contribution is 6.30. The van der Waals surface area contributed by atoms with Crippen molar-refractivity contribution in [1.82, 2.24) is 15.1 Å². The van der Waals surface area contributed by atoms with Crippen LogP contribution in [-0.4, -0.2) is 53.9 Å². The van der Waals surface area contributed by atoms with Gasteiger partial charge in [-0.25, -0.2) is 18.9 Å². The third-order valence-electron chi connectivity index (χ3n) is 4.67. The second-order valence-corrected chi connectivity index (χ2v) is 7.94. The van der Waals surface area contributed by atoms with Crippen molar-refractivity contribution >= 4 is 35.3 Å². The number of amides is 4. The minimum atomic E-state index is -1.02. The summed E-state index contributed by atoms with van der Waals surface area (Å²) in [6, 6.07) is 9.50. The summed E-state index contributed by atoms with van der Waals surface area (Å²) in [5.41, 5.74) is 1.03. The molecule has 1 aliphatic heterocycles. The molecule has 2 aromatic carbocycles. The first kappa shape index (κ1) is 24.1. The van der Waals surface area contributed by atoms with E-state index < -0.39 is 36.7 Å². The Kier molecular flexibility index (Phi) is 7.59. The van der Waals surface area contributed by atoms with Gasteiger partial charge >= 0.3 is 18.0 Å². The second-order valence-electron chi connectivity index (χ2n) is 7.51. The molecule has 3 rings (SSSR count). The topological polar surface area (TPSA) is 100 Å². The normalized spacial score (nSPS) is 16.0. The van der Waals surface area contributed by atoms with Crippen LogP contribution in [0.3, 0.4) is 0 Å². The van der Waals surface area contributed by atoms with Crippen LogP contribution in [0.1, 0.15) is 19.4 Å². The molecular weight excluding hydrogens is 455 g/mol. The molecule has 4 amide bonds. The lowest BCUT2D eigenvalue weighted by Gasteiger charge is -2.41. The number of imide groups is 1. The van der Waals surface area contributed by atoms with Gasteiger partial charge in [0, 0.05) is 16.8 Å². The summed E-state index contributed by atoms with van der Waals surface area (Å²) in [7, 11) is 1.16. The van der Waals surface area contributed by atoms with Crippen molar-refractivity contribution in [3.05, 3.63) is 58.9 Å². The number of benzene rings is 2. The van der Waals surface area contributed by atoms with E-state index in [2.05, 4.69) is 15.4 Å². The van der Waals surface area contributed by atoms with E-state index in [1.165, 1.54) is 17.0 Å². The van der Waals surface area contributed by atoms with E-state index in [1.807, 2.05) is 0 Å². The fraction of sp³-hybridized carbons (Fsp3) is 0.318. The molecule has 1 saturated heterocycles. The molecule has 9 nitrogen and oxygen atoms in total. The average Bonchev–Trinajstić information content (AvgIpc) is 2.76. The summed E-state index contributed by atoms with van der Waals surface area (Å²) in [6.07, 6.45) is -1.23. The zero-order chi connectivity index (χ0) is 24.1. The van der Waals surface area contributed by atoms with Crippen molar-refractivity contribution in [3.8, 4) is 5.75 Å². The molecule has 1 heterocycles. The third-order valence-corrected chi connectivity index (χ3v) is 4.92. The number of nitrogens with one attached hydrogen (secondary N) is 2. The molecule has 0 spiro atoms. The predicted octanol–water partition coefficient (Wildman–Crippen LogP) is 3.78. The van der Waals surface area contributed by atoms with Crippen LogP contribution in [0.2, 0.25) is 5.02 Å².